The van der Waals surface area contributed by atoms with Crippen molar-refractivity contribution in [2.45, 2.75) is 42.2 Å². The number of anilines is 12. The van der Waals surface area contributed by atoms with Gasteiger partial charge in [0.1, 0.15) is 65.9 Å². The fourth-order valence-electron chi connectivity index (χ4n) is 16.1. The molecule has 0 aliphatic rings. The van der Waals surface area contributed by atoms with Crippen LogP contribution in [0.25, 0.3) is 32.3 Å². The second kappa shape index (κ2) is 39.4. The van der Waals surface area contributed by atoms with Crippen molar-refractivity contribution in [3.63, 3.8) is 0 Å². The van der Waals surface area contributed by atoms with Gasteiger partial charge in [-0.25, -0.2) is 0 Å². The van der Waals surface area contributed by atoms with E-state index in [-0.39, 0.29) is 152 Å². The quantitative estimate of drug-likeness (QED) is 0.0175. The molecule has 18 N–H and O–H groups in total. The third-order valence-electron chi connectivity index (χ3n) is 22.9. The number of aryl methyl sites for hydroxylation is 9. The van der Waals surface area contributed by atoms with E-state index in [1.165, 1.54) is 251 Å². The van der Waals surface area contributed by atoms with Crippen molar-refractivity contribution >= 4 is 232 Å². The SMILES string of the molecule is Cn1cc(NC(=O)CC(CC(=O)Nc2cc(C(=O)Nc3cc(C(=O)Nc4cc(C(=O)Nc5ccc6cc(S(=O)(=O)O)cc(S(=O)(=O)O)c6c5)n(C)c4)n(C)c3)n(C)c2)C(=O)Nc2cc(C(=O)Nc3cc(C(=O)Nc4cc(C(=O)Nc5ccc6cc(S(=O)(=O)O)cc(S(=O)(=O)O)c6c5)n(C)c4)n(C)c3)n(C)c2)cc1C(=O)Nc1cc(C(=O)Nc2cc(C(=O)Nc3ccc4cc(S(=O)(=O)O)cc(S(=O)(=O)O)c4c3)n(C)c2)n(C)c1. The van der Waals surface area contributed by atoms with Crippen molar-refractivity contribution in [3.8, 4) is 0 Å². The number of aromatic nitrogens is 9. The summed E-state index contributed by atoms with van der Waals surface area (Å²) in [6.07, 6.45) is 11.0. The Labute approximate surface area is 831 Å². The molecule has 9 aromatic heterocycles. The van der Waals surface area contributed by atoms with Gasteiger partial charge in [-0.1, -0.05) is 18.2 Å². The number of hydrogen-bond acceptors (Lipinski definition) is 24. The summed E-state index contributed by atoms with van der Waals surface area (Å²) in [5.41, 5.74) is 0.322. The Morgan fingerprint density at radius 3 is 0.565 bits per heavy atom. The molecule has 0 saturated heterocycles. The van der Waals surface area contributed by atoms with Gasteiger partial charge < -0.3 is 105 Å². The highest BCUT2D eigenvalue weighted by atomic mass is 32.2. The van der Waals surface area contributed by atoms with E-state index in [1.54, 1.807) is 0 Å². The van der Waals surface area contributed by atoms with Gasteiger partial charge in [-0.15, -0.1) is 0 Å². The highest BCUT2D eigenvalue weighted by Gasteiger charge is 2.33. The zero-order valence-electron chi connectivity index (χ0n) is 77.5. The summed E-state index contributed by atoms with van der Waals surface area (Å²) in [4.78, 5) is 163. The molecule has 0 aliphatic carbocycles. The minimum Gasteiger partial charge on any atom is -0.344 e. The molecule has 51 nitrogen and oxygen atoms in total. The van der Waals surface area contributed by atoms with Gasteiger partial charge in [-0.2, -0.15) is 50.5 Å². The number of nitrogens with zero attached hydrogens (tertiary/aromatic N) is 9. The number of rotatable bonds is 32. The van der Waals surface area contributed by atoms with Crippen LogP contribution in [0.3, 0.4) is 0 Å². The maximum absolute atomic E-state index is 14.7. The molecule has 6 aromatic carbocycles. The van der Waals surface area contributed by atoms with Crippen molar-refractivity contribution in [1.29, 1.82) is 0 Å². The average molecular weight is 2130 g/mol. The lowest BCUT2D eigenvalue weighted by Crippen LogP contribution is -2.30. The predicted octanol–water partition coefficient (Wildman–Crippen LogP) is 8.56. The standard InChI is InChI=1S/C90H83N21O30S6/c1-103-36-52(24-67(103)85(118)97-58-30-73(109(7)42-58)88(121)99-55-27-69(106(4)39-55)82(115)93-49-13-10-45-16-61(142(124,125)126)33-76(64(45)21-49)145(133,134)135)91-79(112)19-48(81(114)96-54-26-72(105(3)38-54)87(120)102-60-32-75(111(9)44-60)90(123)101-57-29-71(108(6)41-57)84(117)95-51-15-12-47-18-63(144(130,131)132)35-78(66(47)23-51)147(139,140)141)20-80(113)92-53-25-68(104(2)37-53)86(119)98-59-31-74(110(8)43-59)89(122)100-56-28-70(107(5)40-56)83(116)94-50-14-11-46-17-62(143(127,128)129)34-77(65(46)22-50)146(136,137)138/h10-18,21-44,48H,19-20H2,1-9H3,(H,91,112)(H,92,113)(H,93,115)(H,94,116)(H,95,117)(H,96,114)(H,97,118)(H,98,119)(H,99,121)(H,100,122)(H,101,123)(H,102,120)(H,124,125,126)(H,127,128,129)(H,130,131,132)(H,133,134,135)(H,136,137,138)(H,139,140,141). The maximum Gasteiger partial charge on any atom is 0.295 e. The van der Waals surface area contributed by atoms with Crippen LogP contribution in [0.2, 0.25) is 0 Å². The molecule has 15 aromatic rings. The van der Waals surface area contributed by atoms with E-state index in [0.29, 0.717) is 18.2 Å². The van der Waals surface area contributed by atoms with Gasteiger partial charge >= 0.3 is 0 Å². The van der Waals surface area contributed by atoms with Gasteiger partial charge in [0.2, 0.25) is 17.7 Å². The van der Waals surface area contributed by atoms with Crippen LogP contribution in [0.5, 0.6) is 0 Å². The summed E-state index contributed by atoms with van der Waals surface area (Å²) in [7, 11) is -16.7. The smallest absolute Gasteiger partial charge is 0.295 e. The number of fused-ring (bicyclic) bond motifs is 3. The highest BCUT2D eigenvalue weighted by Crippen LogP contribution is 2.37. The first-order valence-corrected chi connectivity index (χ1v) is 51.1. The maximum atomic E-state index is 14.7. The zero-order chi connectivity index (χ0) is 107. The van der Waals surface area contributed by atoms with Gasteiger partial charge in [0.05, 0.1) is 71.8 Å². The van der Waals surface area contributed by atoms with Gasteiger partial charge in [0, 0.05) is 165 Å². The van der Waals surface area contributed by atoms with E-state index in [2.05, 4.69) is 63.8 Å². The minimum atomic E-state index is -5.08. The molecule has 0 aliphatic heterocycles. The Morgan fingerprint density at radius 1 is 0.218 bits per heavy atom. The molecule has 9 heterocycles. The van der Waals surface area contributed by atoms with Gasteiger partial charge in [0.15, 0.2) is 0 Å². The number of hydrogen-bond donors (Lipinski definition) is 18. The molecule has 0 bridgehead atoms. The van der Waals surface area contributed by atoms with Crippen molar-refractivity contribution in [2.24, 2.45) is 69.3 Å². The first kappa shape index (κ1) is 104. The third kappa shape index (κ3) is 23.3. The Kier molecular flexibility index (Phi) is 27.9. The van der Waals surface area contributed by atoms with Crippen LogP contribution in [0.1, 0.15) is 107 Å². The first-order valence-electron chi connectivity index (χ1n) is 42.4. The predicted molar refractivity (Wildman–Crippen MR) is 530 cm³/mol. The summed E-state index contributed by atoms with van der Waals surface area (Å²) in [5.74, 6) is -11.0. The van der Waals surface area contributed by atoms with Crippen molar-refractivity contribution < 1.29 is 135 Å². The molecule has 0 fully saturated rings. The summed E-state index contributed by atoms with van der Waals surface area (Å²) < 4.78 is 216. The molecular formula is C90H83N21O30S6. The van der Waals surface area contributed by atoms with Crippen LogP contribution in [-0.2, 0) is 139 Å². The van der Waals surface area contributed by atoms with Crippen molar-refractivity contribution in [1.82, 2.24) is 41.1 Å². The number of carbonyl (C=O) groups is 12. The first-order chi connectivity index (χ1) is 68.6. The molecule has 0 spiro atoms. The van der Waals surface area contributed by atoms with E-state index >= 15 is 0 Å². The second-order valence-electron chi connectivity index (χ2n) is 33.7. The van der Waals surface area contributed by atoms with Crippen molar-refractivity contribution in [3.05, 3.63) is 253 Å². The molecule has 0 radical (unpaired) electrons. The number of nitrogens with one attached hydrogen (secondary N) is 12. The number of amides is 12. The van der Waals surface area contributed by atoms with Gasteiger partial charge in [0.25, 0.3) is 114 Å². The molecule has 764 valence electrons. The monoisotopic (exact) mass is 2130 g/mol. The van der Waals surface area contributed by atoms with Crippen molar-refractivity contribution in [2.75, 3.05) is 63.8 Å². The average Bonchev–Trinajstić information content (AvgIpc) is 1.76. The topological polar surface area (TPSA) is 720 Å². The summed E-state index contributed by atoms with van der Waals surface area (Å²) in [6, 6.07) is 27.3. The largest absolute Gasteiger partial charge is 0.344 e. The van der Waals surface area contributed by atoms with Crippen LogP contribution >= 0.6 is 0 Å². The second-order valence-corrected chi connectivity index (χ2v) is 42.2. The Hall–Kier alpha value is -17.3. The zero-order valence-corrected chi connectivity index (χ0v) is 82.4. The van der Waals surface area contributed by atoms with Crippen LogP contribution in [0.4, 0.5) is 68.2 Å². The Morgan fingerprint density at radius 2 is 0.388 bits per heavy atom. The normalized spacial score (nSPS) is 12.0. The van der Waals surface area contributed by atoms with E-state index in [1.807, 2.05) is 0 Å². The number of benzene rings is 6. The Bertz CT molecular complexity index is 8640. The van der Waals surface area contributed by atoms with Crippen LogP contribution in [-0.4, -0.2) is 190 Å². The fourth-order valence-corrected chi connectivity index (χ4v) is 20.1. The lowest BCUT2D eigenvalue weighted by atomic mass is 9.99. The fraction of sp³-hybridized carbons (Fsp3) is 0.133. The van der Waals surface area contributed by atoms with Gasteiger partial charge in [-0.05, 0) is 144 Å². The molecular weight excluding hydrogens is 2050 g/mol. The molecule has 0 unspecified atom stereocenters. The lowest BCUT2D eigenvalue weighted by molar-refractivity contribution is -0.127. The third-order valence-corrected chi connectivity index (χ3v) is 28.1. The molecule has 57 heteroatoms. The van der Waals surface area contributed by atoms with E-state index in [9.17, 15) is 135 Å². The van der Waals surface area contributed by atoms with E-state index in [4.69, 9.17) is 0 Å². The summed E-state index contributed by atoms with van der Waals surface area (Å²) in [6.45, 7) is 0. The lowest BCUT2D eigenvalue weighted by Gasteiger charge is -2.16. The van der Waals surface area contributed by atoms with E-state index < -0.39 is 180 Å². The Balaban J connectivity index is 0.600. The van der Waals surface area contributed by atoms with Crippen LogP contribution < -0.4 is 63.8 Å². The van der Waals surface area contributed by atoms with E-state index in [0.717, 1.165) is 36.4 Å². The molecule has 147 heavy (non-hydrogen) atoms. The minimum absolute atomic E-state index is 0.00307. The molecule has 0 saturated carbocycles. The highest BCUT2D eigenvalue weighted by molar-refractivity contribution is 7.88. The van der Waals surface area contributed by atoms with Crippen LogP contribution in [0, 0.1) is 5.92 Å². The van der Waals surface area contributed by atoms with Gasteiger partial charge in [-0.3, -0.25) is 84.9 Å². The van der Waals surface area contributed by atoms with Crippen LogP contribution in [0.15, 0.2) is 231 Å². The molecule has 0 atom stereocenters. The molecule has 12 amide bonds. The molecule has 15 rings (SSSR count). The number of carbonyl (C=O) groups excluding carboxylic acids is 12. The summed E-state index contributed by atoms with van der Waals surface area (Å²) in [5, 5.41) is 31.0. The summed E-state index contributed by atoms with van der Waals surface area (Å²) >= 11 is 0.